The normalized spacial score (nSPS) is 23.6. The summed E-state index contributed by atoms with van der Waals surface area (Å²) in [7, 11) is 0. The lowest BCUT2D eigenvalue weighted by atomic mass is 9.92. The zero-order valence-electron chi connectivity index (χ0n) is 17.1. The highest BCUT2D eigenvalue weighted by molar-refractivity contribution is 6.05. The summed E-state index contributed by atoms with van der Waals surface area (Å²) in [4.78, 5) is 4.35. The molecule has 1 unspecified atom stereocenters. The number of alkyl halides is 2. The molecule has 1 aliphatic rings. The Labute approximate surface area is 158 Å². The van der Waals surface area contributed by atoms with Gasteiger partial charge in [-0.3, -0.25) is 4.99 Å². The molecule has 26 heavy (non-hydrogen) atoms. The van der Waals surface area contributed by atoms with Crippen molar-refractivity contribution in [2.24, 2.45) is 10.9 Å². The molecule has 0 amide bonds. The fourth-order valence-electron chi connectivity index (χ4n) is 2.91. The van der Waals surface area contributed by atoms with E-state index < -0.39 is 5.92 Å². The summed E-state index contributed by atoms with van der Waals surface area (Å²) in [6.07, 6.45) is 10.8. The van der Waals surface area contributed by atoms with Crippen LogP contribution in [0.15, 0.2) is 63.7 Å². The minimum absolute atomic E-state index is 0.0951. The molecule has 3 heteroatoms. The number of allylic oxidation sites excluding steroid dienone is 7. The van der Waals surface area contributed by atoms with Crippen LogP contribution in [-0.2, 0) is 0 Å². The first-order valence-electron chi connectivity index (χ1n) is 9.38. The second-order valence-electron chi connectivity index (χ2n) is 7.30. The standard InChI is InChI=1S/C23H33F2N/c1-8-17(4)18(5)19(6)22(23(7,24)25)26-15-20-11-9-10-12-21(14-13-20)16(2)3/h9,11-13,17H,2,8,10,14-15H2,1,3-7H3/b11-9-,19-18+,20-13+,21-12+,26-22+. The van der Waals surface area contributed by atoms with E-state index in [4.69, 9.17) is 0 Å². The van der Waals surface area contributed by atoms with E-state index >= 15 is 0 Å². The van der Waals surface area contributed by atoms with Crippen LogP contribution in [0, 0.1) is 5.92 Å². The fraction of sp³-hybridized carbons (Fsp3) is 0.522. The van der Waals surface area contributed by atoms with Gasteiger partial charge >= 0.3 is 0 Å². The van der Waals surface area contributed by atoms with Crippen molar-refractivity contribution in [3.8, 4) is 0 Å². The molecular weight excluding hydrogens is 328 g/mol. The summed E-state index contributed by atoms with van der Waals surface area (Å²) in [5, 5.41) is 0. The van der Waals surface area contributed by atoms with Gasteiger partial charge in [0.05, 0.1) is 6.54 Å². The van der Waals surface area contributed by atoms with Gasteiger partial charge in [-0.2, -0.15) is 8.78 Å². The molecule has 0 aliphatic heterocycles. The van der Waals surface area contributed by atoms with Gasteiger partial charge in [-0.25, -0.2) is 0 Å². The van der Waals surface area contributed by atoms with Crippen LogP contribution >= 0.6 is 0 Å². The highest BCUT2D eigenvalue weighted by atomic mass is 19.3. The van der Waals surface area contributed by atoms with E-state index in [0.29, 0.717) is 5.57 Å². The first kappa shape index (κ1) is 22.3. The van der Waals surface area contributed by atoms with Crippen molar-refractivity contribution in [1.29, 1.82) is 0 Å². The number of nitrogens with zero attached hydrogens (tertiary/aromatic N) is 1. The lowest BCUT2D eigenvalue weighted by Crippen LogP contribution is -2.27. The van der Waals surface area contributed by atoms with E-state index in [1.807, 2.05) is 26.0 Å². The topological polar surface area (TPSA) is 12.4 Å². The molecule has 0 saturated heterocycles. The van der Waals surface area contributed by atoms with Gasteiger partial charge in [-0.05, 0) is 62.7 Å². The van der Waals surface area contributed by atoms with Crippen LogP contribution in [0.3, 0.4) is 0 Å². The summed E-state index contributed by atoms with van der Waals surface area (Å²) >= 11 is 0. The second kappa shape index (κ2) is 9.80. The molecule has 0 aromatic rings. The lowest BCUT2D eigenvalue weighted by molar-refractivity contribution is 0.101. The van der Waals surface area contributed by atoms with Crippen molar-refractivity contribution in [2.45, 2.75) is 66.7 Å². The average molecular weight is 362 g/mol. The Kier molecular flexibility index (Phi) is 8.39. The van der Waals surface area contributed by atoms with Gasteiger partial charge in [0.2, 0.25) is 0 Å². The molecule has 0 fully saturated rings. The predicted octanol–water partition coefficient (Wildman–Crippen LogP) is 7.24. The van der Waals surface area contributed by atoms with E-state index in [2.05, 4.69) is 37.6 Å². The van der Waals surface area contributed by atoms with Crippen LogP contribution in [0.4, 0.5) is 8.78 Å². The molecule has 0 saturated carbocycles. The quantitative estimate of drug-likeness (QED) is 0.424. The third-order valence-electron chi connectivity index (χ3n) is 5.10. The molecule has 0 heterocycles. The van der Waals surface area contributed by atoms with Gasteiger partial charge in [0.15, 0.2) is 0 Å². The molecule has 0 spiro atoms. The molecule has 0 radical (unpaired) electrons. The number of aliphatic imine (C=N–C) groups is 1. The summed E-state index contributed by atoms with van der Waals surface area (Å²) in [5.41, 5.74) is 4.71. The molecule has 144 valence electrons. The summed E-state index contributed by atoms with van der Waals surface area (Å²) in [6, 6.07) is 0. The minimum atomic E-state index is -2.95. The molecule has 1 atom stereocenters. The van der Waals surface area contributed by atoms with Crippen LogP contribution < -0.4 is 0 Å². The molecule has 0 aromatic heterocycles. The van der Waals surface area contributed by atoms with Crippen molar-refractivity contribution < 1.29 is 8.78 Å². The Morgan fingerprint density at radius 3 is 2.46 bits per heavy atom. The van der Waals surface area contributed by atoms with Gasteiger partial charge < -0.3 is 0 Å². The van der Waals surface area contributed by atoms with Crippen LogP contribution in [0.1, 0.15) is 60.8 Å². The lowest BCUT2D eigenvalue weighted by Gasteiger charge is -2.20. The monoisotopic (exact) mass is 361 g/mol. The van der Waals surface area contributed by atoms with E-state index in [9.17, 15) is 8.78 Å². The molecule has 1 aliphatic carbocycles. The first-order valence-corrected chi connectivity index (χ1v) is 9.38. The molecule has 0 aromatic carbocycles. The highest BCUT2D eigenvalue weighted by Crippen LogP contribution is 2.26. The molecular formula is C23H33F2N. The van der Waals surface area contributed by atoms with Crippen molar-refractivity contribution >= 4 is 5.71 Å². The van der Waals surface area contributed by atoms with Gasteiger partial charge in [-0.15, -0.1) is 0 Å². The first-order chi connectivity index (χ1) is 12.1. The maximum Gasteiger partial charge on any atom is 0.286 e. The second-order valence-corrected chi connectivity index (χ2v) is 7.30. The van der Waals surface area contributed by atoms with Crippen molar-refractivity contribution in [3.05, 3.63) is 58.7 Å². The maximum atomic E-state index is 14.2. The molecule has 0 N–H and O–H groups in total. The summed E-state index contributed by atoms with van der Waals surface area (Å²) < 4.78 is 28.4. The van der Waals surface area contributed by atoms with Gasteiger partial charge in [0.25, 0.3) is 5.92 Å². The minimum Gasteiger partial charge on any atom is -0.278 e. The maximum absolute atomic E-state index is 14.2. The number of hydrogen-bond acceptors (Lipinski definition) is 1. The van der Waals surface area contributed by atoms with Crippen molar-refractivity contribution in [3.63, 3.8) is 0 Å². The summed E-state index contributed by atoms with van der Waals surface area (Å²) in [6.45, 7) is 15.0. The summed E-state index contributed by atoms with van der Waals surface area (Å²) in [5.74, 6) is -2.68. The van der Waals surface area contributed by atoms with E-state index in [1.54, 1.807) is 6.92 Å². The van der Waals surface area contributed by atoms with Gasteiger partial charge in [0, 0.05) is 6.92 Å². The van der Waals surface area contributed by atoms with Crippen LogP contribution in [0.25, 0.3) is 0 Å². The smallest absolute Gasteiger partial charge is 0.278 e. The Morgan fingerprint density at radius 1 is 1.27 bits per heavy atom. The number of hydrogen-bond donors (Lipinski definition) is 0. The zero-order valence-corrected chi connectivity index (χ0v) is 17.1. The van der Waals surface area contributed by atoms with Gasteiger partial charge in [0.1, 0.15) is 5.71 Å². The Hall–Kier alpha value is -1.77. The van der Waals surface area contributed by atoms with Crippen LogP contribution in [-0.4, -0.2) is 18.2 Å². The molecule has 0 bridgehead atoms. The zero-order chi connectivity index (χ0) is 19.9. The molecule has 1 rings (SSSR count). The average Bonchev–Trinajstić information content (AvgIpc) is 2.53. The molecule has 1 nitrogen and oxygen atoms in total. The van der Waals surface area contributed by atoms with E-state index in [1.165, 1.54) is 5.57 Å². The van der Waals surface area contributed by atoms with Crippen LogP contribution in [0.2, 0.25) is 0 Å². The van der Waals surface area contributed by atoms with Crippen LogP contribution in [0.5, 0.6) is 0 Å². The Morgan fingerprint density at radius 2 is 1.92 bits per heavy atom. The number of rotatable bonds is 7. The van der Waals surface area contributed by atoms with E-state index in [-0.39, 0.29) is 18.2 Å². The number of halogens is 2. The highest BCUT2D eigenvalue weighted by Gasteiger charge is 2.31. The van der Waals surface area contributed by atoms with Crippen molar-refractivity contribution in [2.75, 3.05) is 6.54 Å². The Bertz CT molecular complexity index is 667. The van der Waals surface area contributed by atoms with Gasteiger partial charge in [-0.1, -0.05) is 55.9 Å². The SMILES string of the molecule is C=C(C)/C1=C/C/C=C\C(C/N=C(\C(C)=C(/C)C(C)CC)C(C)(F)F)=C/C1. The van der Waals surface area contributed by atoms with Crippen molar-refractivity contribution in [1.82, 2.24) is 0 Å². The van der Waals surface area contributed by atoms with E-state index in [0.717, 1.165) is 42.9 Å². The third-order valence-corrected chi connectivity index (χ3v) is 5.10. The largest absolute Gasteiger partial charge is 0.286 e. The third kappa shape index (κ3) is 6.51. The predicted molar refractivity (Wildman–Crippen MR) is 110 cm³/mol. The Balaban J connectivity index is 3.14. The fourth-order valence-corrected chi connectivity index (χ4v) is 2.91.